The first-order chi connectivity index (χ1) is 11.9. The summed E-state index contributed by atoms with van der Waals surface area (Å²) in [5.41, 5.74) is 6.67. The number of hydrogen-bond acceptors (Lipinski definition) is 2. The first-order valence-electron chi connectivity index (χ1n) is 9.24. The minimum absolute atomic E-state index is 0.0366. The summed E-state index contributed by atoms with van der Waals surface area (Å²) in [6, 6.07) is 10.5. The summed E-state index contributed by atoms with van der Waals surface area (Å²) < 4.78 is 0. The molecule has 1 heterocycles. The summed E-state index contributed by atoms with van der Waals surface area (Å²) in [5.74, 6) is 0.322. The van der Waals surface area contributed by atoms with Gasteiger partial charge in [-0.2, -0.15) is 5.10 Å². The van der Waals surface area contributed by atoms with E-state index in [1.54, 1.807) is 0 Å². The smallest absolute Gasteiger partial charge is 0.160 e. The predicted molar refractivity (Wildman–Crippen MR) is 99.6 cm³/mol. The van der Waals surface area contributed by atoms with Gasteiger partial charge in [0.05, 0.1) is 11.1 Å². The number of ketones is 1. The number of nitrogens with one attached hydrogen (secondary N) is 1. The zero-order valence-electron chi connectivity index (χ0n) is 15.6. The van der Waals surface area contributed by atoms with Gasteiger partial charge in [-0.1, -0.05) is 56.7 Å². The summed E-state index contributed by atoms with van der Waals surface area (Å²) in [6.07, 6.45) is 3.29. The van der Waals surface area contributed by atoms with Gasteiger partial charge in [0.2, 0.25) is 0 Å². The van der Waals surface area contributed by atoms with Crippen molar-refractivity contribution >= 4 is 5.78 Å². The number of carbonyl (C=O) groups excluding carboxylic acids is 1. The van der Waals surface area contributed by atoms with Crippen LogP contribution in [0.4, 0.5) is 0 Å². The molecule has 4 rings (SSSR count). The Morgan fingerprint density at radius 3 is 2.56 bits per heavy atom. The van der Waals surface area contributed by atoms with Crippen molar-refractivity contribution in [1.29, 1.82) is 0 Å². The lowest BCUT2D eigenvalue weighted by atomic mass is 9.56. The van der Waals surface area contributed by atoms with Crippen molar-refractivity contribution in [2.45, 2.75) is 58.8 Å². The number of allylic oxidation sites excluding steroid dienone is 2. The zero-order chi connectivity index (χ0) is 17.8. The van der Waals surface area contributed by atoms with Crippen LogP contribution in [0.1, 0.15) is 62.5 Å². The average molecular weight is 334 g/mol. The fourth-order valence-electron chi connectivity index (χ4n) is 5.21. The predicted octanol–water partition coefficient (Wildman–Crippen LogP) is 4.66. The minimum atomic E-state index is -0.366. The highest BCUT2D eigenvalue weighted by Crippen LogP contribution is 2.54. The van der Waals surface area contributed by atoms with Gasteiger partial charge in [-0.3, -0.25) is 9.89 Å². The van der Waals surface area contributed by atoms with Crippen molar-refractivity contribution in [2.24, 2.45) is 5.41 Å². The molecule has 1 aromatic heterocycles. The van der Waals surface area contributed by atoms with Gasteiger partial charge in [-0.05, 0) is 30.7 Å². The molecule has 1 aromatic carbocycles. The van der Waals surface area contributed by atoms with Gasteiger partial charge in [0.25, 0.3) is 0 Å². The second-order valence-corrected chi connectivity index (χ2v) is 8.39. The van der Waals surface area contributed by atoms with Crippen LogP contribution in [0.15, 0.2) is 41.5 Å². The average Bonchev–Trinajstić information content (AvgIpc) is 2.94. The van der Waals surface area contributed by atoms with Crippen molar-refractivity contribution in [3.8, 4) is 0 Å². The Kier molecular flexibility index (Phi) is 3.54. The molecule has 0 amide bonds. The van der Waals surface area contributed by atoms with E-state index in [9.17, 15) is 4.79 Å². The number of aryl methyl sites for hydroxylation is 1. The number of nitrogens with zero attached hydrogens (tertiary/aromatic N) is 1. The van der Waals surface area contributed by atoms with Gasteiger partial charge in [0.1, 0.15) is 0 Å². The highest BCUT2D eigenvalue weighted by molar-refractivity contribution is 6.01. The Morgan fingerprint density at radius 2 is 1.88 bits per heavy atom. The van der Waals surface area contributed by atoms with Crippen LogP contribution in [0.3, 0.4) is 0 Å². The monoisotopic (exact) mass is 334 g/mol. The third kappa shape index (κ3) is 2.25. The Morgan fingerprint density at radius 1 is 1.16 bits per heavy atom. The van der Waals surface area contributed by atoms with Crippen molar-refractivity contribution in [3.05, 3.63) is 64.0 Å². The molecular formula is C22H26N2O. The van der Waals surface area contributed by atoms with Gasteiger partial charge >= 0.3 is 0 Å². The second-order valence-electron chi connectivity index (χ2n) is 8.39. The van der Waals surface area contributed by atoms with E-state index >= 15 is 0 Å². The molecule has 3 heteroatoms. The van der Waals surface area contributed by atoms with Crippen molar-refractivity contribution in [3.63, 3.8) is 0 Å². The fourth-order valence-corrected chi connectivity index (χ4v) is 5.21. The topological polar surface area (TPSA) is 45.8 Å². The number of aromatic nitrogens is 2. The van der Waals surface area contributed by atoms with E-state index in [4.69, 9.17) is 0 Å². The molecule has 3 nitrogen and oxygen atoms in total. The number of hydrogen-bond donors (Lipinski definition) is 1. The lowest BCUT2D eigenvalue weighted by Gasteiger charge is -2.45. The Bertz CT molecular complexity index is 873. The molecule has 0 spiro atoms. The molecule has 2 aliphatic rings. The minimum Gasteiger partial charge on any atom is -0.294 e. The largest absolute Gasteiger partial charge is 0.294 e. The number of benzene rings is 1. The number of aromatic amines is 1. The van der Waals surface area contributed by atoms with E-state index in [0.717, 1.165) is 36.2 Å². The maximum absolute atomic E-state index is 13.3. The number of carbonyl (C=O) groups is 1. The summed E-state index contributed by atoms with van der Waals surface area (Å²) >= 11 is 0. The third-order valence-corrected chi connectivity index (χ3v) is 6.02. The standard InChI is InChI=1S/C22H26N2O/c1-5-22(16-9-7-6-8-10-16)19-14(2)23-24-17(19)11-15-12-21(3,4)13-18(25)20(15)22/h6-10H,5,11-13H2,1-4H3,(H,23,24)/t22-/m1/s1. The molecule has 130 valence electrons. The number of fused-ring (bicyclic) bond motifs is 1. The molecular weight excluding hydrogens is 308 g/mol. The fraction of sp³-hybridized carbons (Fsp3) is 0.455. The van der Waals surface area contributed by atoms with Crippen LogP contribution >= 0.6 is 0 Å². The quantitative estimate of drug-likeness (QED) is 0.868. The van der Waals surface area contributed by atoms with E-state index in [1.165, 1.54) is 16.7 Å². The summed E-state index contributed by atoms with van der Waals surface area (Å²) in [4.78, 5) is 13.3. The summed E-state index contributed by atoms with van der Waals surface area (Å²) in [5, 5.41) is 7.81. The highest BCUT2D eigenvalue weighted by atomic mass is 16.1. The van der Waals surface area contributed by atoms with E-state index < -0.39 is 0 Å². The van der Waals surface area contributed by atoms with Crippen LogP contribution in [-0.2, 0) is 16.6 Å². The molecule has 0 aliphatic heterocycles. The summed E-state index contributed by atoms with van der Waals surface area (Å²) in [7, 11) is 0. The van der Waals surface area contributed by atoms with Gasteiger partial charge in [0, 0.05) is 29.7 Å². The van der Waals surface area contributed by atoms with E-state index in [0.29, 0.717) is 12.2 Å². The maximum Gasteiger partial charge on any atom is 0.160 e. The Hall–Kier alpha value is -2.16. The molecule has 1 N–H and O–H groups in total. The molecule has 0 fully saturated rings. The van der Waals surface area contributed by atoms with Crippen LogP contribution < -0.4 is 0 Å². The maximum atomic E-state index is 13.3. The van der Waals surface area contributed by atoms with Gasteiger partial charge in [0.15, 0.2) is 5.78 Å². The number of Topliss-reactive ketones (excluding diaryl/α,β-unsaturated/α-hetero) is 1. The van der Waals surface area contributed by atoms with Crippen molar-refractivity contribution < 1.29 is 4.79 Å². The lowest BCUT2D eigenvalue weighted by molar-refractivity contribution is -0.118. The molecule has 0 radical (unpaired) electrons. The van der Waals surface area contributed by atoms with Gasteiger partial charge in [-0.15, -0.1) is 0 Å². The van der Waals surface area contributed by atoms with Crippen LogP contribution in [0.25, 0.3) is 0 Å². The van der Waals surface area contributed by atoms with E-state index in [2.05, 4.69) is 62.2 Å². The normalized spacial score (nSPS) is 24.9. The van der Waals surface area contributed by atoms with E-state index in [-0.39, 0.29) is 10.8 Å². The van der Waals surface area contributed by atoms with Crippen molar-refractivity contribution in [2.75, 3.05) is 0 Å². The van der Waals surface area contributed by atoms with Crippen molar-refractivity contribution in [1.82, 2.24) is 10.2 Å². The molecule has 0 unspecified atom stereocenters. The van der Waals surface area contributed by atoms with E-state index in [1.807, 2.05) is 6.07 Å². The number of rotatable bonds is 2. The molecule has 0 bridgehead atoms. The SMILES string of the molecule is CC[C@]1(c2ccccc2)C2=C(Cc3n[nH]c(C)c31)CC(C)(C)CC2=O. The third-order valence-electron chi connectivity index (χ3n) is 6.02. The van der Waals surface area contributed by atoms with Gasteiger partial charge < -0.3 is 0 Å². The first-order valence-corrected chi connectivity index (χ1v) is 9.24. The van der Waals surface area contributed by atoms with Crippen LogP contribution in [0.2, 0.25) is 0 Å². The van der Waals surface area contributed by atoms with Gasteiger partial charge in [-0.25, -0.2) is 0 Å². The lowest BCUT2D eigenvalue weighted by Crippen LogP contribution is -2.42. The second kappa shape index (κ2) is 5.42. The highest BCUT2D eigenvalue weighted by Gasteiger charge is 2.50. The summed E-state index contributed by atoms with van der Waals surface area (Å²) in [6.45, 7) is 8.69. The number of H-pyrrole nitrogens is 1. The van der Waals surface area contributed by atoms with Crippen LogP contribution in [-0.4, -0.2) is 16.0 Å². The first kappa shape index (κ1) is 16.3. The van der Waals surface area contributed by atoms with Crippen LogP contribution in [0, 0.1) is 12.3 Å². The Balaban J connectivity index is 2.06. The molecule has 25 heavy (non-hydrogen) atoms. The molecule has 1 atom stereocenters. The molecule has 0 saturated heterocycles. The Labute approximate surface area is 149 Å². The van der Waals surface area contributed by atoms with Crippen LogP contribution in [0.5, 0.6) is 0 Å². The molecule has 0 saturated carbocycles. The zero-order valence-corrected chi connectivity index (χ0v) is 15.6. The molecule has 2 aromatic rings. The molecule has 2 aliphatic carbocycles.